The average molecular weight is 350 g/mol. The SMILES string of the molecule is COc1cccc(NC(=O)CN(C)C(=O)CSC2CCCCC2)c1. The molecule has 0 spiro atoms. The second-order valence-corrected chi connectivity index (χ2v) is 7.39. The molecule has 0 bridgehead atoms. The number of carbonyl (C=O) groups excluding carboxylic acids is 2. The maximum Gasteiger partial charge on any atom is 0.243 e. The molecule has 24 heavy (non-hydrogen) atoms. The van der Waals surface area contributed by atoms with Gasteiger partial charge in [0.25, 0.3) is 0 Å². The summed E-state index contributed by atoms with van der Waals surface area (Å²) in [6, 6.07) is 7.16. The Balaban J connectivity index is 1.74. The van der Waals surface area contributed by atoms with E-state index in [1.54, 1.807) is 38.1 Å². The first-order chi connectivity index (χ1) is 11.6. The molecule has 6 heteroatoms. The Morgan fingerprint density at radius 3 is 2.75 bits per heavy atom. The van der Waals surface area contributed by atoms with Gasteiger partial charge in [0.05, 0.1) is 19.4 Å². The van der Waals surface area contributed by atoms with Crippen molar-refractivity contribution in [1.29, 1.82) is 0 Å². The van der Waals surface area contributed by atoms with Crippen LogP contribution in [0, 0.1) is 0 Å². The van der Waals surface area contributed by atoms with Crippen molar-refractivity contribution in [3.63, 3.8) is 0 Å². The van der Waals surface area contributed by atoms with Crippen LogP contribution in [0.2, 0.25) is 0 Å². The van der Waals surface area contributed by atoms with E-state index < -0.39 is 0 Å². The summed E-state index contributed by atoms with van der Waals surface area (Å²) in [5, 5.41) is 3.39. The van der Waals surface area contributed by atoms with Gasteiger partial charge in [0.2, 0.25) is 11.8 Å². The minimum Gasteiger partial charge on any atom is -0.497 e. The van der Waals surface area contributed by atoms with Crippen molar-refractivity contribution >= 4 is 29.3 Å². The third-order valence-electron chi connectivity index (χ3n) is 4.15. The van der Waals surface area contributed by atoms with E-state index in [1.807, 2.05) is 12.1 Å². The van der Waals surface area contributed by atoms with Gasteiger partial charge in [-0.3, -0.25) is 9.59 Å². The molecular formula is C18H26N2O3S. The van der Waals surface area contributed by atoms with Gasteiger partial charge in [-0.2, -0.15) is 0 Å². The first-order valence-electron chi connectivity index (χ1n) is 8.38. The summed E-state index contributed by atoms with van der Waals surface area (Å²) in [5.74, 6) is 0.933. The van der Waals surface area contributed by atoms with Gasteiger partial charge in [-0.05, 0) is 25.0 Å². The molecule has 0 atom stereocenters. The fourth-order valence-corrected chi connectivity index (χ4v) is 4.00. The van der Waals surface area contributed by atoms with Gasteiger partial charge >= 0.3 is 0 Å². The van der Waals surface area contributed by atoms with E-state index in [0.717, 1.165) is 0 Å². The van der Waals surface area contributed by atoms with E-state index >= 15 is 0 Å². The van der Waals surface area contributed by atoms with E-state index in [0.29, 0.717) is 22.4 Å². The number of nitrogens with one attached hydrogen (secondary N) is 1. The Kier molecular flexibility index (Phi) is 7.43. The number of benzene rings is 1. The molecule has 1 fully saturated rings. The molecule has 0 saturated heterocycles. The predicted molar refractivity (Wildman–Crippen MR) is 98.6 cm³/mol. The van der Waals surface area contributed by atoms with Crippen LogP contribution in [0.3, 0.4) is 0 Å². The molecule has 1 N–H and O–H groups in total. The minimum atomic E-state index is -0.207. The zero-order chi connectivity index (χ0) is 17.4. The van der Waals surface area contributed by atoms with Crippen molar-refractivity contribution in [1.82, 2.24) is 4.90 Å². The van der Waals surface area contributed by atoms with Gasteiger partial charge in [-0.25, -0.2) is 0 Å². The number of methoxy groups -OCH3 is 1. The normalized spacial score (nSPS) is 14.9. The lowest BCUT2D eigenvalue weighted by Gasteiger charge is -2.22. The fourth-order valence-electron chi connectivity index (χ4n) is 2.74. The first-order valence-corrected chi connectivity index (χ1v) is 9.43. The lowest BCUT2D eigenvalue weighted by Crippen LogP contribution is -2.36. The van der Waals surface area contributed by atoms with Crippen molar-refractivity contribution in [3.8, 4) is 5.75 Å². The van der Waals surface area contributed by atoms with Crippen LogP contribution >= 0.6 is 11.8 Å². The summed E-state index contributed by atoms with van der Waals surface area (Å²) in [6.07, 6.45) is 6.26. The van der Waals surface area contributed by atoms with Gasteiger partial charge in [0.1, 0.15) is 5.75 Å². The molecule has 2 rings (SSSR count). The topological polar surface area (TPSA) is 58.6 Å². The molecule has 1 aromatic rings. The van der Waals surface area contributed by atoms with Crippen LogP contribution < -0.4 is 10.1 Å². The molecule has 132 valence electrons. The van der Waals surface area contributed by atoms with Crippen LogP contribution in [0.15, 0.2) is 24.3 Å². The Hall–Kier alpha value is -1.69. The van der Waals surface area contributed by atoms with Crippen LogP contribution in [-0.4, -0.2) is 48.4 Å². The molecule has 0 aromatic heterocycles. The largest absolute Gasteiger partial charge is 0.497 e. The second-order valence-electron chi connectivity index (χ2n) is 6.10. The predicted octanol–water partition coefficient (Wildman–Crippen LogP) is 3.16. The number of hydrogen-bond donors (Lipinski definition) is 1. The van der Waals surface area contributed by atoms with E-state index in [2.05, 4.69) is 5.32 Å². The van der Waals surface area contributed by atoms with Crippen molar-refractivity contribution < 1.29 is 14.3 Å². The molecule has 0 unspecified atom stereocenters. The summed E-state index contributed by atoms with van der Waals surface area (Å²) in [6.45, 7) is 0.0568. The third kappa shape index (κ3) is 6.07. The number of likely N-dealkylation sites (N-methyl/N-ethyl adjacent to an activating group) is 1. The van der Waals surface area contributed by atoms with Gasteiger partial charge in [-0.15, -0.1) is 11.8 Å². The number of thioether (sulfide) groups is 1. The zero-order valence-corrected chi connectivity index (χ0v) is 15.2. The molecule has 1 saturated carbocycles. The average Bonchev–Trinajstić information content (AvgIpc) is 2.60. The summed E-state index contributed by atoms with van der Waals surface area (Å²) < 4.78 is 5.13. The number of ether oxygens (including phenoxy) is 1. The summed E-state index contributed by atoms with van der Waals surface area (Å²) in [4.78, 5) is 25.8. The highest BCUT2D eigenvalue weighted by Gasteiger charge is 2.18. The Labute approximate surface area is 148 Å². The molecule has 1 aromatic carbocycles. The molecule has 5 nitrogen and oxygen atoms in total. The van der Waals surface area contributed by atoms with Crippen LogP contribution in [0.1, 0.15) is 32.1 Å². The number of rotatable bonds is 7. The van der Waals surface area contributed by atoms with Crippen molar-refractivity contribution in [2.75, 3.05) is 31.8 Å². The maximum atomic E-state index is 12.2. The Morgan fingerprint density at radius 2 is 2.04 bits per heavy atom. The Bertz CT molecular complexity index is 559. The van der Waals surface area contributed by atoms with Crippen molar-refractivity contribution in [2.24, 2.45) is 0 Å². The quantitative estimate of drug-likeness (QED) is 0.821. The van der Waals surface area contributed by atoms with E-state index in [4.69, 9.17) is 4.74 Å². The van der Waals surface area contributed by atoms with E-state index in [-0.39, 0.29) is 18.4 Å². The summed E-state index contributed by atoms with van der Waals surface area (Å²) >= 11 is 1.73. The summed E-state index contributed by atoms with van der Waals surface area (Å²) in [7, 11) is 3.26. The van der Waals surface area contributed by atoms with Gasteiger partial charge < -0.3 is 15.0 Å². The van der Waals surface area contributed by atoms with Crippen molar-refractivity contribution in [2.45, 2.75) is 37.4 Å². The monoisotopic (exact) mass is 350 g/mol. The molecule has 0 heterocycles. The van der Waals surface area contributed by atoms with Crippen LogP contribution in [-0.2, 0) is 9.59 Å². The standard InChI is InChI=1S/C18H26N2O3S/c1-20(18(22)13-24-16-9-4-3-5-10-16)12-17(21)19-14-7-6-8-15(11-14)23-2/h6-8,11,16H,3-5,9-10,12-13H2,1-2H3,(H,19,21). The molecular weight excluding hydrogens is 324 g/mol. The summed E-state index contributed by atoms with van der Waals surface area (Å²) in [5.41, 5.74) is 0.664. The highest BCUT2D eigenvalue weighted by atomic mass is 32.2. The first kappa shape index (κ1) is 18.6. The number of amides is 2. The third-order valence-corrected chi connectivity index (χ3v) is 5.51. The minimum absolute atomic E-state index is 0.00589. The smallest absolute Gasteiger partial charge is 0.243 e. The van der Waals surface area contributed by atoms with Gasteiger partial charge in [0.15, 0.2) is 0 Å². The highest BCUT2D eigenvalue weighted by molar-refractivity contribution is 8.00. The highest BCUT2D eigenvalue weighted by Crippen LogP contribution is 2.28. The number of hydrogen-bond acceptors (Lipinski definition) is 4. The van der Waals surface area contributed by atoms with Crippen molar-refractivity contribution in [3.05, 3.63) is 24.3 Å². The lowest BCUT2D eigenvalue weighted by molar-refractivity contribution is -0.131. The van der Waals surface area contributed by atoms with Crippen LogP contribution in [0.5, 0.6) is 5.75 Å². The molecule has 1 aliphatic rings. The fraction of sp³-hybridized carbons (Fsp3) is 0.556. The zero-order valence-electron chi connectivity index (χ0n) is 14.4. The van der Waals surface area contributed by atoms with E-state index in [9.17, 15) is 9.59 Å². The number of nitrogens with zero attached hydrogens (tertiary/aromatic N) is 1. The molecule has 2 amide bonds. The Morgan fingerprint density at radius 1 is 1.29 bits per heavy atom. The lowest BCUT2D eigenvalue weighted by atomic mass is 10.0. The second kappa shape index (κ2) is 9.57. The van der Waals surface area contributed by atoms with Crippen LogP contribution in [0.25, 0.3) is 0 Å². The van der Waals surface area contributed by atoms with Gasteiger partial charge in [-0.1, -0.05) is 25.3 Å². The molecule has 0 aliphatic heterocycles. The van der Waals surface area contributed by atoms with Crippen LogP contribution in [0.4, 0.5) is 5.69 Å². The number of anilines is 1. The maximum absolute atomic E-state index is 12.2. The molecule has 0 radical (unpaired) electrons. The van der Waals surface area contributed by atoms with Gasteiger partial charge in [0, 0.05) is 24.1 Å². The number of carbonyl (C=O) groups is 2. The molecule has 1 aliphatic carbocycles. The van der Waals surface area contributed by atoms with E-state index in [1.165, 1.54) is 37.0 Å².